The fraction of sp³-hybridized carbons (Fsp3) is 0.357. The largest absolute Gasteiger partial charge is 0.488 e. The first kappa shape index (κ1) is 26.8. The number of carbonyl (C=O) groups excluding carboxylic acids is 2. The van der Waals surface area contributed by atoms with Crippen LogP contribution in [0.15, 0.2) is 48.8 Å². The highest BCUT2D eigenvalue weighted by Gasteiger charge is 2.23. The molecule has 1 amide bonds. The van der Waals surface area contributed by atoms with Crippen molar-refractivity contribution in [1.29, 1.82) is 0 Å². The van der Waals surface area contributed by atoms with Crippen molar-refractivity contribution in [2.45, 2.75) is 44.8 Å². The number of halogens is 2. The Morgan fingerprint density at radius 3 is 2.85 bits per heavy atom. The lowest BCUT2D eigenvalue weighted by Crippen LogP contribution is -2.44. The molecule has 3 aromatic rings. The normalized spacial score (nSPS) is 18.4. The maximum absolute atomic E-state index is 13.6. The molecule has 11 heteroatoms. The fourth-order valence-corrected chi connectivity index (χ4v) is 4.99. The molecule has 1 aromatic heterocycles. The Morgan fingerprint density at radius 2 is 2.08 bits per heavy atom. The van der Waals surface area contributed by atoms with Crippen LogP contribution >= 0.6 is 11.6 Å². The van der Waals surface area contributed by atoms with Gasteiger partial charge in [-0.3, -0.25) is 14.5 Å². The summed E-state index contributed by atoms with van der Waals surface area (Å²) in [6, 6.07) is 7.86. The van der Waals surface area contributed by atoms with Crippen molar-refractivity contribution in [3.63, 3.8) is 0 Å². The number of cyclic esters (lactones) is 1. The molecule has 0 radical (unpaired) electrons. The summed E-state index contributed by atoms with van der Waals surface area (Å²) in [6.07, 6.45) is 8.56. The number of nitrogens with zero attached hydrogens (tertiary/aromatic N) is 3. The number of esters is 1. The van der Waals surface area contributed by atoms with E-state index in [4.69, 9.17) is 21.1 Å². The van der Waals surface area contributed by atoms with Gasteiger partial charge < -0.3 is 20.1 Å². The molecule has 2 heterocycles. The van der Waals surface area contributed by atoms with Crippen LogP contribution in [0.3, 0.4) is 0 Å². The first-order valence-corrected chi connectivity index (χ1v) is 13.3. The summed E-state index contributed by atoms with van der Waals surface area (Å²) in [6.45, 7) is 3.08. The third kappa shape index (κ3) is 6.82. The van der Waals surface area contributed by atoms with E-state index in [0.29, 0.717) is 46.9 Å². The van der Waals surface area contributed by atoms with Gasteiger partial charge in [-0.1, -0.05) is 17.7 Å². The second-order valence-electron chi connectivity index (χ2n) is 9.75. The van der Waals surface area contributed by atoms with E-state index < -0.39 is 5.82 Å². The molecule has 39 heavy (non-hydrogen) atoms. The van der Waals surface area contributed by atoms with Crippen LogP contribution in [0, 0.1) is 5.82 Å². The van der Waals surface area contributed by atoms with Gasteiger partial charge in [0.05, 0.1) is 28.9 Å². The van der Waals surface area contributed by atoms with Crippen LogP contribution in [-0.2, 0) is 14.3 Å². The van der Waals surface area contributed by atoms with Gasteiger partial charge in [0, 0.05) is 36.3 Å². The Labute approximate surface area is 230 Å². The van der Waals surface area contributed by atoms with E-state index in [1.54, 1.807) is 24.3 Å². The lowest BCUT2D eigenvalue weighted by molar-refractivity contribution is -0.156. The number of amides is 1. The van der Waals surface area contributed by atoms with E-state index in [1.807, 2.05) is 11.8 Å². The number of rotatable bonds is 8. The van der Waals surface area contributed by atoms with Crippen molar-refractivity contribution in [1.82, 2.24) is 14.9 Å². The third-order valence-electron chi connectivity index (χ3n) is 6.61. The molecule has 1 aliphatic carbocycles. The van der Waals surface area contributed by atoms with Crippen LogP contribution in [0.5, 0.6) is 5.75 Å². The first-order chi connectivity index (χ1) is 18.8. The average molecular weight is 554 g/mol. The van der Waals surface area contributed by atoms with Crippen LogP contribution in [0.2, 0.25) is 5.02 Å². The average Bonchev–Trinajstić information content (AvgIpc) is 3.40. The molecule has 5 rings (SSSR count). The van der Waals surface area contributed by atoms with Crippen LogP contribution < -0.4 is 15.4 Å². The Kier molecular flexibility index (Phi) is 8.23. The van der Waals surface area contributed by atoms with E-state index >= 15 is 0 Å². The van der Waals surface area contributed by atoms with Crippen molar-refractivity contribution < 1.29 is 23.5 Å². The zero-order valence-electron chi connectivity index (χ0n) is 21.5. The van der Waals surface area contributed by atoms with Gasteiger partial charge in [0.25, 0.3) is 0 Å². The predicted octanol–water partition coefficient (Wildman–Crippen LogP) is 5.23. The monoisotopic (exact) mass is 553 g/mol. The van der Waals surface area contributed by atoms with Crippen LogP contribution in [0.4, 0.5) is 21.6 Å². The van der Waals surface area contributed by atoms with Crippen LogP contribution in [0.1, 0.15) is 32.6 Å². The lowest BCUT2D eigenvalue weighted by atomic mass is 10.1. The molecule has 1 atom stereocenters. The molecule has 2 aliphatic rings. The Bertz CT molecular complexity index is 1410. The fourth-order valence-electron chi connectivity index (χ4n) is 4.81. The minimum Gasteiger partial charge on any atom is -0.488 e. The first-order valence-electron chi connectivity index (χ1n) is 12.9. The molecule has 1 aliphatic heterocycles. The molecular weight excluding hydrogens is 525 g/mol. The summed E-state index contributed by atoms with van der Waals surface area (Å²) in [5.41, 5.74) is 1.65. The number of anilines is 3. The van der Waals surface area contributed by atoms with Crippen molar-refractivity contribution >= 4 is 51.6 Å². The van der Waals surface area contributed by atoms with E-state index in [2.05, 4.69) is 20.6 Å². The molecule has 1 saturated heterocycles. The number of carbonyl (C=O) groups is 2. The van der Waals surface area contributed by atoms with Gasteiger partial charge in [-0.05, 0) is 56.9 Å². The quantitative estimate of drug-likeness (QED) is 0.288. The van der Waals surface area contributed by atoms with E-state index in [1.165, 1.54) is 24.5 Å². The molecule has 204 valence electrons. The van der Waals surface area contributed by atoms with Crippen molar-refractivity contribution in [3.8, 4) is 5.75 Å². The molecule has 0 spiro atoms. The minimum absolute atomic E-state index is 0.0127. The number of fused-ring (bicyclic) bond motifs is 1. The molecule has 1 saturated carbocycles. The summed E-state index contributed by atoms with van der Waals surface area (Å²) in [5.74, 6) is -0.136. The summed E-state index contributed by atoms with van der Waals surface area (Å²) >= 11 is 5.94. The van der Waals surface area contributed by atoms with Crippen molar-refractivity contribution in [2.75, 3.05) is 30.3 Å². The Hall–Kier alpha value is -3.76. The minimum atomic E-state index is -0.517. The highest BCUT2D eigenvalue weighted by molar-refractivity contribution is 6.31. The number of ether oxygens (including phenoxy) is 2. The van der Waals surface area contributed by atoms with Gasteiger partial charge in [-0.25, -0.2) is 14.4 Å². The predicted molar refractivity (Wildman–Crippen MR) is 147 cm³/mol. The highest BCUT2D eigenvalue weighted by Crippen LogP contribution is 2.36. The SMILES string of the molecule is CC1CN(CC=CC(=O)Nc2cc3c(Nc4ccc(F)c(Cl)c4)ncnc3cc2OC2CCCC2)CC(=O)O1. The number of hydrogen-bond donors (Lipinski definition) is 2. The number of hydrogen-bond acceptors (Lipinski definition) is 8. The second kappa shape index (κ2) is 12.0. The maximum Gasteiger partial charge on any atom is 0.320 e. The number of nitrogens with one attached hydrogen (secondary N) is 2. The smallest absolute Gasteiger partial charge is 0.320 e. The summed E-state index contributed by atoms with van der Waals surface area (Å²) in [4.78, 5) is 35.2. The second-order valence-corrected chi connectivity index (χ2v) is 10.2. The van der Waals surface area contributed by atoms with E-state index in [0.717, 1.165) is 25.7 Å². The van der Waals surface area contributed by atoms with Crippen LogP contribution in [0.25, 0.3) is 10.9 Å². The van der Waals surface area contributed by atoms with E-state index in [9.17, 15) is 14.0 Å². The Balaban J connectivity index is 1.39. The maximum atomic E-state index is 13.6. The molecule has 1 unspecified atom stereocenters. The molecule has 0 bridgehead atoms. The molecule has 9 nitrogen and oxygen atoms in total. The van der Waals surface area contributed by atoms with Gasteiger partial charge in [-0.15, -0.1) is 0 Å². The van der Waals surface area contributed by atoms with Crippen molar-refractivity contribution in [2.24, 2.45) is 0 Å². The standard InChI is InChI=1S/C28H29ClFN5O4/c1-17-14-35(15-27(37)38-17)10-4-7-26(36)34-24-12-20-23(13-25(24)39-19-5-2-3-6-19)31-16-32-28(20)33-18-8-9-22(30)21(29)11-18/h4,7-9,11-13,16-17,19H,2-3,5-6,10,14-15H2,1H3,(H,34,36)(H,31,32,33). The highest BCUT2D eigenvalue weighted by atomic mass is 35.5. The summed E-state index contributed by atoms with van der Waals surface area (Å²) in [7, 11) is 0. The molecule has 2 aromatic carbocycles. The van der Waals surface area contributed by atoms with Crippen LogP contribution in [-0.4, -0.2) is 58.6 Å². The summed E-state index contributed by atoms with van der Waals surface area (Å²) < 4.78 is 25.1. The van der Waals surface area contributed by atoms with Gasteiger partial charge >= 0.3 is 5.97 Å². The van der Waals surface area contributed by atoms with Gasteiger partial charge in [0.1, 0.15) is 29.8 Å². The van der Waals surface area contributed by atoms with E-state index in [-0.39, 0.29) is 35.7 Å². The molecule has 2 N–H and O–H groups in total. The van der Waals surface area contributed by atoms with Gasteiger partial charge in [0.15, 0.2) is 0 Å². The molecular formula is C28H29ClFN5O4. The number of morpholine rings is 1. The van der Waals surface area contributed by atoms with Crippen molar-refractivity contribution in [3.05, 3.63) is 59.7 Å². The summed E-state index contributed by atoms with van der Waals surface area (Å²) in [5, 5.41) is 6.70. The van der Waals surface area contributed by atoms with Gasteiger partial charge in [-0.2, -0.15) is 0 Å². The van der Waals surface area contributed by atoms with Gasteiger partial charge in [0.2, 0.25) is 5.91 Å². The zero-order chi connectivity index (χ0) is 27.4. The number of aromatic nitrogens is 2. The topological polar surface area (TPSA) is 106 Å². The Morgan fingerprint density at radius 1 is 1.26 bits per heavy atom. The third-order valence-corrected chi connectivity index (χ3v) is 6.90. The lowest BCUT2D eigenvalue weighted by Gasteiger charge is -2.29. The molecule has 2 fully saturated rings. The number of benzene rings is 2. The zero-order valence-corrected chi connectivity index (χ0v) is 22.2.